The molecule has 0 amide bonds. The van der Waals surface area contributed by atoms with Gasteiger partial charge in [-0.15, -0.1) is 0 Å². The zero-order valence-corrected chi connectivity index (χ0v) is 9.08. The lowest BCUT2D eigenvalue weighted by Crippen LogP contribution is -1.95. The van der Waals surface area contributed by atoms with Crippen LogP contribution in [-0.4, -0.2) is 4.86 Å². The van der Waals surface area contributed by atoms with Crippen molar-refractivity contribution in [1.82, 2.24) is 0 Å². The minimum absolute atomic E-state index is 0.568. The first-order valence-electron chi connectivity index (χ1n) is 5.40. The Hall–Kier alpha value is -2.42. The highest BCUT2D eigenvalue weighted by atomic mass is 16.5. The Bertz CT molecular complexity index is 630. The Labute approximate surface area is 98.9 Å². The zero-order valence-electron chi connectivity index (χ0n) is 9.08. The molecule has 3 rings (SSSR count). The minimum Gasteiger partial charge on any atom is -0.594 e. The summed E-state index contributed by atoms with van der Waals surface area (Å²) in [6, 6.07) is 15.0. The van der Waals surface area contributed by atoms with Crippen LogP contribution in [0.2, 0.25) is 0 Å². The van der Waals surface area contributed by atoms with Crippen LogP contribution in [0.5, 0.6) is 0 Å². The predicted octanol–water partition coefficient (Wildman–Crippen LogP) is 4.10. The first-order valence-corrected chi connectivity index (χ1v) is 5.40. The van der Waals surface area contributed by atoms with Crippen LogP contribution in [-0.2, 0) is 0 Å². The van der Waals surface area contributed by atoms with Gasteiger partial charge in [-0.3, -0.25) is 0 Å². The largest absolute Gasteiger partial charge is 0.594 e. The van der Waals surface area contributed by atoms with Crippen molar-refractivity contribution in [1.29, 1.82) is 0 Å². The van der Waals surface area contributed by atoms with E-state index in [4.69, 9.17) is 0 Å². The molecule has 3 heteroatoms. The van der Waals surface area contributed by atoms with Gasteiger partial charge in [0.25, 0.3) is 5.69 Å². The molecular formula is C14H10N2O. The SMILES string of the molecule is [O-][N+]1=Nc2ccccc2/C=C\c2ccccc21. The fourth-order valence-corrected chi connectivity index (χ4v) is 1.85. The van der Waals surface area contributed by atoms with Gasteiger partial charge in [0.2, 0.25) is 0 Å². The van der Waals surface area contributed by atoms with E-state index in [0.29, 0.717) is 16.2 Å². The predicted molar refractivity (Wildman–Crippen MR) is 67.2 cm³/mol. The van der Waals surface area contributed by atoms with Gasteiger partial charge in [-0.2, -0.15) is 0 Å². The normalized spacial score (nSPS) is 14.9. The Balaban J connectivity index is 2.25. The third-order valence-corrected chi connectivity index (χ3v) is 2.72. The van der Waals surface area contributed by atoms with E-state index in [1.807, 2.05) is 54.6 Å². The molecule has 0 N–H and O–H groups in total. The molecule has 0 saturated heterocycles. The maximum absolute atomic E-state index is 11.9. The molecule has 2 aromatic rings. The van der Waals surface area contributed by atoms with Crippen molar-refractivity contribution >= 4 is 23.5 Å². The van der Waals surface area contributed by atoms with Crippen molar-refractivity contribution in [3.05, 3.63) is 64.9 Å². The number of hydrogen-bond donors (Lipinski definition) is 0. The molecule has 0 radical (unpaired) electrons. The summed E-state index contributed by atoms with van der Waals surface area (Å²) >= 11 is 0. The summed E-state index contributed by atoms with van der Waals surface area (Å²) in [7, 11) is 0. The van der Waals surface area contributed by atoms with Gasteiger partial charge < -0.3 is 5.21 Å². The van der Waals surface area contributed by atoms with Gasteiger partial charge >= 0.3 is 0 Å². The third-order valence-electron chi connectivity index (χ3n) is 2.72. The number of benzene rings is 2. The van der Waals surface area contributed by atoms with Gasteiger partial charge in [0.15, 0.2) is 0 Å². The fourth-order valence-electron chi connectivity index (χ4n) is 1.85. The Morgan fingerprint density at radius 1 is 0.824 bits per heavy atom. The number of hydrogen-bond acceptors (Lipinski definition) is 2. The van der Waals surface area contributed by atoms with Crippen molar-refractivity contribution in [2.45, 2.75) is 0 Å². The number of fused-ring (bicyclic) bond motifs is 2. The van der Waals surface area contributed by atoms with E-state index in [0.717, 1.165) is 11.1 Å². The average molecular weight is 222 g/mol. The maximum atomic E-state index is 11.9. The van der Waals surface area contributed by atoms with E-state index in [2.05, 4.69) is 5.11 Å². The molecule has 0 unspecified atom stereocenters. The molecule has 0 fully saturated rings. The van der Waals surface area contributed by atoms with Gasteiger partial charge in [0.05, 0.1) is 5.56 Å². The molecule has 0 spiro atoms. The second kappa shape index (κ2) is 3.87. The average Bonchev–Trinajstić information content (AvgIpc) is 2.36. The number of para-hydroxylation sites is 1. The van der Waals surface area contributed by atoms with Crippen LogP contribution in [0, 0.1) is 5.21 Å². The monoisotopic (exact) mass is 222 g/mol. The van der Waals surface area contributed by atoms with Crippen molar-refractivity contribution < 1.29 is 4.86 Å². The lowest BCUT2D eigenvalue weighted by atomic mass is 10.1. The van der Waals surface area contributed by atoms with Gasteiger partial charge in [0.1, 0.15) is 5.69 Å². The second-order valence-electron chi connectivity index (χ2n) is 3.82. The fraction of sp³-hybridized carbons (Fsp3) is 0. The van der Waals surface area contributed by atoms with Crippen molar-refractivity contribution in [3.8, 4) is 0 Å². The molecule has 1 heterocycles. The molecule has 0 atom stereocenters. The van der Waals surface area contributed by atoms with Crippen molar-refractivity contribution in [3.63, 3.8) is 0 Å². The summed E-state index contributed by atoms with van der Waals surface area (Å²) in [6.45, 7) is 0. The lowest BCUT2D eigenvalue weighted by Gasteiger charge is -2.07. The molecule has 0 saturated carbocycles. The minimum atomic E-state index is 0.568. The quantitative estimate of drug-likeness (QED) is 0.488. The smallest absolute Gasteiger partial charge is 0.252 e. The summed E-state index contributed by atoms with van der Waals surface area (Å²) in [5.41, 5.74) is 3.08. The summed E-state index contributed by atoms with van der Waals surface area (Å²) in [5.74, 6) is 0. The number of rotatable bonds is 0. The van der Waals surface area contributed by atoms with Gasteiger partial charge in [0, 0.05) is 16.7 Å². The standard InChI is InChI=1S/C14H10N2O/c17-16-14-8-4-2-6-12(14)10-9-11-5-1-3-7-13(11)15-16/h1-10H/b10-9-,11-9?,12-10?,15-13?. The number of nitrogens with zero attached hydrogens (tertiary/aromatic N) is 2. The highest BCUT2D eigenvalue weighted by Gasteiger charge is 2.12. The van der Waals surface area contributed by atoms with Gasteiger partial charge in [-0.1, -0.05) is 36.4 Å². The summed E-state index contributed by atoms with van der Waals surface area (Å²) in [5, 5.41) is 16.0. The Morgan fingerprint density at radius 3 is 2.35 bits per heavy atom. The zero-order chi connectivity index (χ0) is 11.7. The van der Waals surface area contributed by atoms with Crippen LogP contribution in [0.25, 0.3) is 12.2 Å². The molecule has 3 nitrogen and oxygen atoms in total. The van der Waals surface area contributed by atoms with Crippen LogP contribution in [0.4, 0.5) is 11.4 Å². The maximum Gasteiger partial charge on any atom is 0.252 e. The van der Waals surface area contributed by atoms with Crippen LogP contribution in [0.3, 0.4) is 0 Å². The molecular weight excluding hydrogens is 212 g/mol. The summed E-state index contributed by atoms with van der Waals surface area (Å²) < 4.78 is 0. The number of azo groups is 1. The van der Waals surface area contributed by atoms with E-state index in [1.54, 1.807) is 6.07 Å². The molecule has 17 heavy (non-hydrogen) atoms. The topological polar surface area (TPSA) is 38.4 Å². The molecule has 1 aliphatic rings. The highest BCUT2D eigenvalue weighted by Crippen LogP contribution is 2.29. The van der Waals surface area contributed by atoms with Gasteiger partial charge in [-0.25, -0.2) is 0 Å². The van der Waals surface area contributed by atoms with Crippen LogP contribution >= 0.6 is 0 Å². The van der Waals surface area contributed by atoms with Crippen LogP contribution < -0.4 is 0 Å². The van der Waals surface area contributed by atoms with E-state index in [-0.39, 0.29) is 0 Å². The van der Waals surface area contributed by atoms with Crippen molar-refractivity contribution in [2.24, 2.45) is 5.11 Å². The van der Waals surface area contributed by atoms with Crippen molar-refractivity contribution in [2.75, 3.05) is 0 Å². The molecule has 2 aromatic carbocycles. The van der Waals surface area contributed by atoms with Crippen LogP contribution in [0.15, 0.2) is 53.6 Å². The van der Waals surface area contributed by atoms with E-state index < -0.39 is 0 Å². The van der Waals surface area contributed by atoms with E-state index in [1.165, 1.54) is 0 Å². The molecule has 0 bridgehead atoms. The Kier molecular flexibility index (Phi) is 2.22. The first kappa shape index (κ1) is 9.78. The highest BCUT2D eigenvalue weighted by molar-refractivity contribution is 5.78. The Morgan fingerprint density at radius 2 is 1.47 bits per heavy atom. The van der Waals surface area contributed by atoms with Crippen LogP contribution in [0.1, 0.15) is 11.1 Å². The molecule has 82 valence electrons. The summed E-state index contributed by atoms with van der Waals surface area (Å²) in [4.78, 5) is 0.678. The third kappa shape index (κ3) is 1.72. The van der Waals surface area contributed by atoms with E-state index >= 15 is 0 Å². The van der Waals surface area contributed by atoms with Gasteiger partial charge in [-0.05, 0) is 23.1 Å². The lowest BCUT2D eigenvalue weighted by molar-refractivity contribution is -0.435. The molecule has 1 aliphatic heterocycles. The second-order valence-corrected chi connectivity index (χ2v) is 3.82. The van der Waals surface area contributed by atoms with E-state index in [9.17, 15) is 5.21 Å². The molecule has 0 aromatic heterocycles. The summed E-state index contributed by atoms with van der Waals surface area (Å²) in [6.07, 6.45) is 3.92. The molecule has 0 aliphatic carbocycles. The first-order chi connectivity index (χ1) is 8.34.